The van der Waals surface area contributed by atoms with Gasteiger partial charge in [0.2, 0.25) is 0 Å². The van der Waals surface area contributed by atoms with Gasteiger partial charge in [0.1, 0.15) is 11.5 Å². The smallest absolute Gasteiger partial charge is 0.271 e. The van der Waals surface area contributed by atoms with Crippen LogP contribution < -0.4 is 31.9 Å². The van der Waals surface area contributed by atoms with Crippen LogP contribution in [-0.4, -0.2) is 31.0 Å². The third-order valence-electron chi connectivity index (χ3n) is 5.52. The van der Waals surface area contributed by atoms with Gasteiger partial charge in [-0.3, -0.25) is 9.59 Å². The number of hydrogen-bond donors (Lipinski definition) is 5. The molecular formula is C23H28N6O2. The van der Waals surface area contributed by atoms with E-state index >= 15 is 0 Å². The molecule has 0 radical (unpaired) electrons. The first-order valence-corrected chi connectivity index (χ1v) is 10.6. The maximum atomic E-state index is 12.7. The van der Waals surface area contributed by atoms with E-state index < -0.39 is 0 Å². The molecule has 8 nitrogen and oxygen atoms in total. The number of amides is 1. The molecule has 1 fully saturated rings. The van der Waals surface area contributed by atoms with Crippen LogP contribution in [0.2, 0.25) is 0 Å². The first kappa shape index (κ1) is 20.7. The van der Waals surface area contributed by atoms with E-state index in [1.165, 1.54) is 19.3 Å². The van der Waals surface area contributed by atoms with Crippen molar-refractivity contribution < 1.29 is 4.79 Å². The van der Waals surface area contributed by atoms with Crippen molar-refractivity contribution in [3.8, 4) is 0 Å². The minimum atomic E-state index is -0.342. The first-order valence-electron chi connectivity index (χ1n) is 10.6. The molecule has 31 heavy (non-hydrogen) atoms. The number of carbonyl (C=O) groups excluding carboxylic acids is 1. The number of pyridine rings is 1. The highest BCUT2D eigenvalue weighted by Crippen LogP contribution is 2.22. The molecule has 1 aromatic carbocycles. The highest BCUT2D eigenvalue weighted by Gasteiger charge is 2.16. The maximum Gasteiger partial charge on any atom is 0.271 e. The van der Waals surface area contributed by atoms with Crippen molar-refractivity contribution in [3.05, 3.63) is 82.1 Å². The zero-order valence-electron chi connectivity index (χ0n) is 17.6. The quantitative estimate of drug-likeness (QED) is 0.460. The number of dihydropyridines is 1. The summed E-state index contributed by atoms with van der Waals surface area (Å²) in [4.78, 5) is 30.1. The summed E-state index contributed by atoms with van der Waals surface area (Å²) in [6.07, 6.45) is 11.1. The van der Waals surface area contributed by atoms with E-state index in [1.54, 1.807) is 19.3 Å². The number of anilines is 2. The predicted molar refractivity (Wildman–Crippen MR) is 123 cm³/mol. The third-order valence-corrected chi connectivity index (χ3v) is 5.52. The second kappa shape index (κ2) is 9.53. The zero-order valence-corrected chi connectivity index (χ0v) is 17.6. The number of hydrazine groups is 1. The van der Waals surface area contributed by atoms with Gasteiger partial charge in [-0.15, -0.1) is 0 Å². The second-order valence-corrected chi connectivity index (χ2v) is 7.69. The fourth-order valence-corrected chi connectivity index (χ4v) is 3.88. The number of benzene rings is 1. The molecule has 1 unspecified atom stereocenters. The lowest BCUT2D eigenvalue weighted by Gasteiger charge is -2.28. The van der Waals surface area contributed by atoms with Crippen LogP contribution in [0.4, 0.5) is 11.4 Å². The molecule has 2 aliphatic rings. The van der Waals surface area contributed by atoms with E-state index in [9.17, 15) is 9.59 Å². The number of allylic oxidation sites excluding steroid dienone is 2. The molecule has 0 saturated carbocycles. The molecule has 8 heteroatoms. The summed E-state index contributed by atoms with van der Waals surface area (Å²) in [6.45, 7) is 2.11. The molecule has 2 aliphatic heterocycles. The summed E-state index contributed by atoms with van der Waals surface area (Å²) < 4.78 is 0. The van der Waals surface area contributed by atoms with Crippen molar-refractivity contribution in [2.24, 2.45) is 0 Å². The molecule has 1 aromatic heterocycles. The van der Waals surface area contributed by atoms with Gasteiger partial charge in [0.15, 0.2) is 0 Å². The fourth-order valence-electron chi connectivity index (χ4n) is 3.88. The number of aromatic nitrogens is 1. The summed E-state index contributed by atoms with van der Waals surface area (Å²) in [7, 11) is 1.78. The van der Waals surface area contributed by atoms with Gasteiger partial charge in [-0.05, 0) is 61.2 Å². The van der Waals surface area contributed by atoms with Gasteiger partial charge >= 0.3 is 0 Å². The van der Waals surface area contributed by atoms with E-state index in [1.807, 2.05) is 42.5 Å². The summed E-state index contributed by atoms with van der Waals surface area (Å²) in [6, 6.07) is 9.12. The van der Waals surface area contributed by atoms with E-state index in [0.717, 1.165) is 30.2 Å². The number of aromatic amines is 1. The standard InChI is InChI=1S/C23H28N6O2/c1-24-28-21-7-5-6-19(26-21)17-14-20(23(31)25-15-17)27-22(30)16-8-10-18(11-9-16)29-12-3-2-4-13-29/h5-11,14-15,19,24,26,28H,2-4,12-13H2,1H3,(H,25,31)(H,27,30). The Morgan fingerprint density at radius 1 is 1.13 bits per heavy atom. The number of nitrogens with one attached hydrogen (secondary N) is 5. The summed E-state index contributed by atoms with van der Waals surface area (Å²) >= 11 is 0. The van der Waals surface area contributed by atoms with Crippen LogP contribution in [0.25, 0.3) is 0 Å². The maximum absolute atomic E-state index is 12.7. The first-order chi connectivity index (χ1) is 15.1. The Morgan fingerprint density at radius 3 is 2.65 bits per heavy atom. The van der Waals surface area contributed by atoms with Gasteiger partial charge in [0.25, 0.3) is 11.5 Å². The normalized spacial score (nSPS) is 18.2. The highest BCUT2D eigenvalue weighted by atomic mass is 16.2. The Kier molecular flexibility index (Phi) is 6.37. The molecule has 0 aliphatic carbocycles. The van der Waals surface area contributed by atoms with E-state index in [4.69, 9.17) is 0 Å². The zero-order chi connectivity index (χ0) is 21.6. The van der Waals surface area contributed by atoms with Crippen LogP contribution >= 0.6 is 0 Å². The molecule has 1 saturated heterocycles. The van der Waals surface area contributed by atoms with Crippen molar-refractivity contribution in [2.45, 2.75) is 25.3 Å². The number of piperidine rings is 1. The van der Waals surface area contributed by atoms with Crippen LogP contribution in [0.5, 0.6) is 0 Å². The van der Waals surface area contributed by atoms with Crippen LogP contribution in [-0.2, 0) is 0 Å². The SMILES string of the molecule is CNNC1=CC=CC(c2c[nH]c(=O)c(NC(=O)c3ccc(N4CCCCC4)cc3)c2)N1. The fraction of sp³-hybridized carbons (Fsp3) is 0.304. The van der Waals surface area contributed by atoms with Crippen molar-refractivity contribution in [1.29, 1.82) is 0 Å². The van der Waals surface area contributed by atoms with E-state index in [0.29, 0.717) is 5.56 Å². The molecule has 1 atom stereocenters. The van der Waals surface area contributed by atoms with Crippen LogP contribution in [0, 0.1) is 0 Å². The topological polar surface area (TPSA) is 101 Å². The molecular weight excluding hydrogens is 392 g/mol. The van der Waals surface area contributed by atoms with Gasteiger partial charge in [-0.1, -0.05) is 12.2 Å². The Balaban J connectivity index is 1.46. The number of hydrogen-bond acceptors (Lipinski definition) is 6. The predicted octanol–water partition coefficient (Wildman–Crippen LogP) is 2.38. The van der Waals surface area contributed by atoms with Crippen molar-refractivity contribution in [1.82, 2.24) is 21.2 Å². The minimum absolute atomic E-state index is 0.142. The lowest BCUT2D eigenvalue weighted by molar-refractivity contribution is 0.102. The third kappa shape index (κ3) is 4.97. The number of rotatable bonds is 6. The van der Waals surface area contributed by atoms with Gasteiger partial charge in [0.05, 0.1) is 6.04 Å². The average molecular weight is 421 g/mol. The lowest BCUT2D eigenvalue weighted by Crippen LogP contribution is -2.37. The van der Waals surface area contributed by atoms with Gasteiger partial charge < -0.3 is 25.9 Å². The van der Waals surface area contributed by atoms with Crippen molar-refractivity contribution >= 4 is 17.3 Å². The monoisotopic (exact) mass is 420 g/mol. The Bertz CT molecular complexity index is 1030. The largest absolute Gasteiger partial charge is 0.372 e. The number of carbonyl (C=O) groups is 1. The number of nitrogens with zero attached hydrogens (tertiary/aromatic N) is 1. The van der Waals surface area contributed by atoms with Crippen molar-refractivity contribution in [2.75, 3.05) is 30.4 Å². The molecule has 2 aromatic rings. The van der Waals surface area contributed by atoms with Gasteiger partial charge in [-0.25, -0.2) is 5.43 Å². The Morgan fingerprint density at radius 2 is 1.90 bits per heavy atom. The van der Waals surface area contributed by atoms with Crippen LogP contribution in [0.1, 0.15) is 41.2 Å². The molecule has 4 rings (SSSR count). The van der Waals surface area contributed by atoms with Gasteiger partial charge in [-0.2, -0.15) is 0 Å². The van der Waals surface area contributed by atoms with Crippen LogP contribution in [0.3, 0.4) is 0 Å². The summed E-state index contributed by atoms with van der Waals surface area (Å²) in [5, 5.41) is 6.05. The Labute approximate surface area is 181 Å². The van der Waals surface area contributed by atoms with E-state index in [-0.39, 0.29) is 23.2 Å². The van der Waals surface area contributed by atoms with E-state index in [2.05, 4.69) is 31.4 Å². The lowest BCUT2D eigenvalue weighted by atomic mass is 10.1. The van der Waals surface area contributed by atoms with Gasteiger partial charge in [0, 0.05) is 37.6 Å². The van der Waals surface area contributed by atoms with Crippen LogP contribution in [0.15, 0.2) is 65.4 Å². The second-order valence-electron chi connectivity index (χ2n) is 7.69. The molecule has 5 N–H and O–H groups in total. The molecule has 0 bridgehead atoms. The Hall–Kier alpha value is -3.52. The summed E-state index contributed by atoms with van der Waals surface area (Å²) in [5.41, 5.74) is 8.22. The minimum Gasteiger partial charge on any atom is -0.372 e. The average Bonchev–Trinajstić information content (AvgIpc) is 2.81. The molecule has 1 amide bonds. The molecule has 3 heterocycles. The summed E-state index contributed by atoms with van der Waals surface area (Å²) in [5.74, 6) is 0.498. The number of H-pyrrole nitrogens is 1. The highest BCUT2D eigenvalue weighted by molar-refractivity contribution is 6.04. The molecule has 162 valence electrons. The molecule has 0 spiro atoms. The van der Waals surface area contributed by atoms with Crippen molar-refractivity contribution in [3.63, 3.8) is 0 Å².